The predicted molar refractivity (Wildman–Crippen MR) is 107 cm³/mol. The minimum atomic E-state index is -4.36. The van der Waals surface area contributed by atoms with Gasteiger partial charge in [0.1, 0.15) is 5.57 Å². The van der Waals surface area contributed by atoms with Crippen LogP contribution in [0.5, 0.6) is 0 Å². The van der Waals surface area contributed by atoms with Crippen molar-refractivity contribution in [3.63, 3.8) is 0 Å². The highest BCUT2D eigenvalue weighted by molar-refractivity contribution is 7.85. The molecule has 150 valence electrons. The topological polar surface area (TPSA) is 117 Å². The van der Waals surface area contributed by atoms with E-state index < -0.39 is 16.0 Å². The van der Waals surface area contributed by atoms with Gasteiger partial charge < -0.3 is 9.64 Å². The van der Waals surface area contributed by atoms with Gasteiger partial charge in [0.25, 0.3) is 28.4 Å². The van der Waals surface area contributed by atoms with Crippen molar-refractivity contribution in [1.82, 2.24) is 0 Å². The van der Waals surface area contributed by atoms with Gasteiger partial charge in [-0.3, -0.25) is 14.1 Å². The summed E-state index contributed by atoms with van der Waals surface area (Å²) in [6.07, 6.45) is 1.54. The predicted octanol–water partition coefficient (Wildman–Crippen LogP) is 1.92. The van der Waals surface area contributed by atoms with Gasteiger partial charge in [-0.1, -0.05) is 12.1 Å². The normalized spacial score (nSPS) is 15.4. The molecule has 0 bridgehead atoms. The Balaban J connectivity index is 1.94. The Morgan fingerprint density at radius 2 is 1.69 bits per heavy atom. The molecule has 10 heteroatoms. The molecular formula is C19H17N3O6S. The number of carbonyl (C=O) groups is 2. The number of hydrazone groups is 1. The minimum absolute atomic E-state index is 0.0635. The van der Waals surface area contributed by atoms with Gasteiger partial charge in [-0.2, -0.15) is 13.4 Å². The van der Waals surface area contributed by atoms with Gasteiger partial charge in [0.2, 0.25) is 0 Å². The van der Waals surface area contributed by atoms with Crippen LogP contribution in [0.4, 0.5) is 11.4 Å². The molecule has 0 radical (unpaired) electrons. The first-order chi connectivity index (χ1) is 13.7. The Kier molecular flexibility index (Phi) is 5.48. The molecule has 0 atom stereocenters. The molecule has 2 aromatic rings. The van der Waals surface area contributed by atoms with Gasteiger partial charge in [-0.25, -0.2) is 0 Å². The summed E-state index contributed by atoms with van der Waals surface area (Å²) in [7, 11) is -0.553. The number of rotatable bonds is 5. The van der Waals surface area contributed by atoms with E-state index in [0.717, 1.165) is 22.8 Å². The number of amides is 1. The van der Waals surface area contributed by atoms with Crippen molar-refractivity contribution < 1.29 is 27.3 Å². The van der Waals surface area contributed by atoms with Gasteiger partial charge in [-0.05, 0) is 48.0 Å². The minimum Gasteiger partial charge on any atom is -0.407 e. The van der Waals surface area contributed by atoms with E-state index in [9.17, 15) is 18.0 Å². The summed E-state index contributed by atoms with van der Waals surface area (Å²) in [4.78, 5) is 25.3. The zero-order chi connectivity index (χ0) is 21.2. The van der Waals surface area contributed by atoms with Crippen molar-refractivity contribution in [2.75, 3.05) is 24.0 Å². The van der Waals surface area contributed by atoms with E-state index in [1.54, 1.807) is 12.1 Å². The van der Waals surface area contributed by atoms with Crippen LogP contribution in [0.3, 0.4) is 0 Å². The smallest absolute Gasteiger partial charge is 0.299 e. The number of nitrogens with zero attached hydrogens (tertiary/aromatic N) is 3. The summed E-state index contributed by atoms with van der Waals surface area (Å²) in [6.45, 7) is 0.167. The van der Waals surface area contributed by atoms with Crippen molar-refractivity contribution in [2.24, 2.45) is 5.10 Å². The Hall–Kier alpha value is -3.50. The molecule has 0 unspecified atom stereocenters. The molecule has 0 saturated heterocycles. The second kappa shape index (κ2) is 7.86. The monoisotopic (exact) mass is 415 g/mol. The van der Waals surface area contributed by atoms with Gasteiger partial charge in [0, 0.05) is 19.8 Å². The lowest BCUT2D eigenvalue weighted by molar-refractivity contribution is -0.121. The number of hydrogen-bond donors (Lipinski definition) is 1. The van der Waals surface area contributed by atoms with E-state index in [4.69, 9.17) is 9.29 Å². The SMILES string of the molecule is CN(C)c1ccc(C=C2C(=O)N(c3ccc(S(=O)(=O)O)cc3)N=C2OC=O)cc1. The first-order valence-electron chi connectivity index (χ1n) is 8.31. The standard InChI is InChI=1S/C19H17N3O6S/c1-21(2)14-5-3-13(4-6-14)11-17-18(28-12-23)20-22(19(17)24)15-7-9-16(10-8-15)29(25,26)27/h3-12H,1-2H3,(H,25,26,27). The molecule has 0 saturated carbocycles. The van der Waals surface area contributed by atoms with Crippen molar-refractivity contribution in [2.45, 2.75) is 4.90 Å². The second-order valence-corrected chi connectivity index (χ2v) is 7.67. The summed E-state index contributed by atoms with van der Waals surface area (Å²) in [5, 5.41) is 4.98. The molecule has 3 rings (SSSR count). The fourth-order valence-corrected chi connectivity index (χ4v) is 3.10. The lowest BCUT2D eigenvalue weighted by atomic mass is 10.1. The van der Waals surface area contributed by atoms with Crippen LogP contribution >= 0.6 is 0 Å². The number of benzene rings is 2. The summed E-state index contributed by atoms with van der Waals surface area (Å²) < 4.78 is 36.2. The van der Waals surface area contributed by atoms with Gasteiger partial charge in [0.05, 0.1) is 10.6 Å². The zero-order valence-corrected chi connectivity index (χ0v) is 16.3. The number of anilines is 2. The maximum absolute atomic E-state index is 12.8. The molecule has 1 N–H and O–H groups in total. The average Bonchev–Trinajstić information content (AvgIpc) is 2.98. The van der Waals surface area contributed by atoms with Crippen molar-refractivity contribution >= 4 is 45.8 Å². The largest absolute Gasteiger partial charge is 0.407 e. The van der Waals surface area contributed by atoms with E-state index in [1.165, 1.54) is 18.2 Å². The molecule has 0 spiro atoms. The summed E-state index contributed by atoms with van der Waals surface area (Å²) in [5.41, 5.74) is 1.97. The van der Waals surface area contributed by atoms with Crippen molar-refractivity contribution in [3.8, 4) is 0 Å². The maximum atomic E-state index is 12.8. The first kappa shape index (κ1) is 20.2. The molecule has 2 aromatic carbocycles. The third-order valence-electron chi connectivity index (χ3n) is 4.10. The third-order valence-corrected chi connectivity index (χ3v) is 4.97. The fraction of sp³-hybridized carbons (Fsp3) is 0.105. The average molecular weight is 415 g/mol. The van der Waals surface area contributed by atoms with E-state index >= 15 is 0 Å². The molecule has 1 heterocycles. The lowest BCUT2D eigenvalue weighted by Gasteiger charge is -2.12. The van der Waals surface area contributed by atoms with Crippen LogP contribution in [0.1, 0.15) is 5.56 Å². The molecule has 0 aliphatic carbocycles. The van der Waals surface area contributed by atoms with Gasteiger partial charge in [0.15, 0.2) is 0 Å². The lowest BCUT2D eigenvalue weighted by Crippen LogP contribution is -2.21. The van der Waals surface area contributed by atoms with Crippen LogP contribution < -0.4 is 9.91 Å². The Morgan fingerprint density at radius 1 is 1.07 bits per heavy atom. The summed E-state index contributed by atoms with van der Waals surface area (Å²) >= 11 is 0. The molecule has 1 amide bonds. The third kappa shape index (κ3) is 4.33. The summed E-state index contributed by atoms with van der Waals surface area (Å²) in [5.74, 6) is -0.737. The van der Waals surface area contributed by atoms with Crippen LogP contribution in [0.25, 0.3) is 6.08 Å². The molecule has 0 fully saturated rings. The van der Waals surface area contributed by atoms with Crippen LogP contribution in [-0.2, 0) is 24.4 Å². The maximum Gasteiger partial charge on any atom is 0.299 e. The highest BCUT2D eigenvalue weighted by Crippen LogP contribution is 2.27. The zero-order valence-electron chi connectivity index (χ0n) is 15.5. The molecule has 0 aromatic heterocycles. The Bertz CT molecular complexity index is 1100. The van der Waals surface area contributed by atoms with Crippen LogP contribution in [-0.4, -0.2) is 45.3 Å². The molecule has 9 nitrogen and oxygen atoms in total. The van der Waals surface area contributed by atoms with Gasteiger partial charge in [-0.15, -0.1) is 5.10 Å². The quantitative estimate of drug-likeness (QED) is 0.450. The van der Waals surface area contributed by atoms with Crippen LogP contribution in [0.2, 0.25) is 0 Å². The van der Waals surface area contributed by atoms with E-state index in [2.05, 4.69) is 5.10 Å². The number of ether oxygens (including phenoxy) is 1. The molecular weight excluding hydrogens is 398 g/mol. The van der Waals surface area contributed by atoms with Gasteiger partial charge >= 0.3 is 0 Å². The first-order valence-corrected chi connectivity index (χ1v) is 9.75. The number of carbonyl (C=O) groups excluding carboxylic acids is 2. The number of hydrogen-bond acceptors (Lipinski definition) is 7. The van der Waals surface area contributed by atoms with Crippen molar-refractivity contribution in [1.29, 1.82) is 0 Å². The fourth-order valence-electron chi connectivity index (χ4n) is 2.62. The molecule has 1 aliphatic rings. The Morgan fingerprint density at radius 3 is 2.21 bits per heavy atom. The molecule has 1 aliphatic heterocycles. The highest BCUT2D eigenvalue weighted by Gasteiger charge is 2.33. The summed E-state index contributed by atoms with van der Waals surface area (Å²) in [6, 6.07) is 12.2. The van der Waals surface area contributed by atoms with E-state index in [1.807, 2.05) is 31.1 Å². The van der Waals surface area contributed by atoms with E-state index in [0.29, 0.717) is 5.56 Å². The van der Waals surface area contributed by atoms with Crippen LogP contribution in [0.15, 0.2) is 64.1 Å². The van der Waals surface area contributed by atoms with Crippen molar-refractivity contribution in [3.05, 3.63) is 59.7 Å². The second-order valence-electron chi connectivity index (χ2n) is 6.25. The Labute approximate surface area is 167 Å². The van der Waals surface area contributed by atoms with E-state index in [-0.39, 0.29) is 28.5 Å². The van der Waals surface area contributed by atoms with Crippen LogP contribution in [0, 0.1) is 0 Å². The molecule has 29 heavy (non-hydrogen) atoms. The highest BCUT2D eigenvalue weighted by atomic mass is 32.2.